The molecule has 75 valence electrons. The number of hydrogen-bond acceptors (Lipinski definition) is 0. The molecule has 14 heavy (non-hydrogen) atoms. The van der Waals surface area contributed by atoms with Crippen molar-refractivity contribution < 1.29 is 0 Å². The minimum absolute atomic E-state index is 0.778. The summed E-state index contributed by atoms with van der Waals surface area (Å²) in [4.78, 5) is 0. The molecule has 0 aromatic heterocycles. The quantitative estimate of drug-likeness (QED) is 0.619. The first-order valence-electron chi connectivity index (χ1n) is 5.68. The Kier molecular flexibility index (Phi) is 2.90. The van der Waals surface area contributed by atoms with Crippen LogP contribution in [0.1, 0.15) is 49.7 Å². The summed E-state index contributed by atoms with van der Waals surface area (Å²) in [5, 5.41) is 0. The van der Waals surface area contributed by atoms with Crippen molar-refractivity contribution in [2.75, 3.05) is 0 Å². The fraction of sp³-hybridized carbons (Fsp3) is 0.500. The van der Waals surface area contributed by atoms with E-state index in [2.05, 4.69) is 38.1 Å². The molecule has 0 bridgehead atoms. The Morgan fingerprint density at radius 3 is 2.36 bits per heavy atom. The lowest BCUT2D eigenvalue weighted by Crippen LogP contribution is -2.11. The second kappa shape index (κ2) is 4.16. The van der Waals surface area contributed by atoms with E-state index in [-0.39, 0.29) is 0 Å². The highest BCUT2D eigenvalue weighted by Crippen LogP contribution is 2.36. The van der Waals surface area contributed by atoms with Crippen LogP contribution < -0.4 is 0 Å². The summed E-state index contributed by atoms with van der Waals surface area (Å²) in [7, 11) is 0. The minimum Gasteiger partial charge on any atom is -0.0625 e. The van der Waals surface area contributed by atoms with Gasteiger partial charge in [-0.15, -0.1) is 0 Å². The van der Waals surface area contributed by atoms with E-state index in [0.29, 0.717) is 0 Å². The molecule has 2 rings (SSSR count). The molecule has 0 saturated heterocycles. The SMILES string of the molecule is [CH2]c1ccccc1C1CCC(C)CC1. The molecule has 1 fully saturated rings. The Balaban J connectivity index is 2.12. The summed E-state index contributed by atoms with van der Waals surface area (Å²) in [5.41, 5.74) is 2.71. The van der Waals surface area contributed by atoms with Gasteiger partial charge in [-0.1, -0.05) is 44.0 Å². The zero-order chi connectivity index (χ0) is 9.97. The van der Waals surface area contributed by atoms with Gasteiger partial charge in [-0.05, 0) is 42.7 Å². The molecule has 0 aliphatic heterocycles. The van der Waals surface area contributed by atoms with Crippen molar-refractivity contribution in [1.29, 1.82) is 0 Å². The zero-order valence-electron chi connectivity index (χ0n) is 9.00. The molecule has 0 atom stereocenters. The maximum absolute atomic E-state index is 4.11. The molecular formula is C14H19. The molecule has 0 unspecified atom stereocenters. The van der Waals surface area contributed by atoms with Crippen molar-refractivity contribution in [1.82, 2.24) is 0 Å². The van der Waals surface area contributed by atoms with Crippen molar-refractivity contribution in [3.63, 3.8) is 0 Å². The summed E-state index contributed by atoms with van der Waals surface area (Å²) in [6.07, 6.45) is 5.49. The van der Waals surface area contributed by atoms with Gasteiger partial charge in [0.25, 0.3) is 0 Å². The summed E-state index contributed by atoms with van der Waals surface area (Å²) in [5.74, 6) is 1.71. The fourth-order valence-corrected chi connectivity index (χ4v) is 2.50. The molecule has 0 nitrogen and oxygen atoms in total. The van der Waals surface area contributed by atoms with Crippen LogP contribution in [0.4, 0.5) is 0 Å². The van der Waals surface area contributed by atoms with Gasteiger partial charge in [0.2, 0.25) is 0 Å². The van der Waals surface area contributed by atoms with Crippen LogP contribution in [0.25, 0.3) is 0 Å². The number of rotatable bonds is 1. The Bertz CT molecular complexity index is 293. The first-order chi connectivity index (χ1) is 6.77. The second-order valence-electron chi connectivity index (χ2n) is 4.66. The zero-order valence-corrected chi connectivity index (χ0v) is 9.00. The summed E-state index contributed by atoms with van der Waals surface area (Å²) < 4.78 is 0. The Hall–Kier alpha value is -0.780. The van der Waals surface area contributed by atoms with Gasteiger partial charge in [-0.25, -0.2) is 0 Å². The Morgan fingerprint density at radius 1 is 1.07 bits per heavy atom. The highest BCUT2D eigenvalue weighted by Gasteiger charge is 2.20. The highest BCUT2D eigenvalue weighted by atomic mass is 14.2. The third kappa shape index (κ3) is 2.00. The predicted molar refractivity (Wildman–Crippen MR) is 61.3 cm³/mol. The second-order valence-corrected chi connectivity index (χ2v) is 4.66. The standard InChI is InChI=1S/C14H19/c1-11-7-9-13(10-8-11)14-6-4-3-5-12(14)2/h3-6,11,13H,2,7-10H2,1H3. The molecule has 0 heterocycles. The smallest absolute Gasteiger partial charge is 0.0159 e. The van der Waals surface area contributed by atoms with Crippen molar-refractivity contribution in [3.8, 4) is 0 Å². The summed E-state index contributed by atoms with van der Waals surface area (Å²) >= 11 is 0. The molecule has 0 spiro atoms. The van der Waals surface area contributed by atoms with E-state index in [1.807, 2.05) is 0 Å². The van der Waals surface area contributed by atoms with Crippen LogP contribution in [0.3, 0.4) is 0 Å². The molecule has 0 heteroatoms. The molecule has 1 radical (unpaired) electrons. The minimum atomic E-state index is 0.778. The van der Waals surface area contributed by atoms with E-state index in [0.717, 1.165) is 11.8 Å². The first-order valence-corrected chi connectivity index (χ1v) is 5.68. The lowest BCUT2D eigenvalue weighted by atomic mass is 9.78. The lowest BCUT2D eigenvalue weighted by molar-refractivity contribution is 0.347. The van der Waals surface area contributed by atoms with Gasteiger partial charge in [-0.2, -0.15) is 0 Å². The molecule has 1 aromatic carbocycles. The van der Waals surface area contributed by atoms with Crippen LogP contribution in [0.15, 0.2) is 24.3 Å². The van der Waals surface area contributed by atoms with Gasteiger partial charge in [0.05, 0.1) is 0 Å². The number of hydrogen-bond donors (Lipinski definition) is 0. The highest BCUT2D eigenvalue weighted by molar-refractivity contribution is 5.32. The third-order valence-corrected chi connectivity index (χ3v) is 3.51. The van der Waals surface area contributed by atoms with Gasteiger partial charge in [0.15, 0.2) is 0 Å². The lowest BCUT2D eigenvalue weighted by Gasteiger charge is -2.27. The average Bonchev–Trinajstić information content (AvgIpc) is 2.20. The monoisotopic (exact) mass is 187 g/mol. The van der Waals surface area contributed by atoms with Gasteiger partial charge in [0, 0.05) is 0 Å². The molecule has 1 aromatic rings. The topological polar surface area (TPSA) is 0 Å². The molecule has 0 amide bonds. The maximum Gasteiger partial charge on any atom is -0.0159 e. The largest absolute Gasteiger partial charge is 0.0625 e. The summed E-state index contributed by atoms with van der Waals surface area (Å²) in [6, 6.07) is 8.61. The van der Waals surface area contributed by atoms with Crippen molar-refractivity contribution in [3.05, 3.63) is 42.3 Å². The van der Waals surface area contributed by atoms with E-state index in [1.165, 1.54) is 36.8 Å². The van der Waals surface area contributed by atoms with Crippen LogP contribution in [-0.4, -0.2) is 0 Å². The maximum atomic E-state index is 4.11. The van der Waals surface area contributed by atoms with E-state index in [4.69, 9.17) is 0 Å². The molecule has 1 aliphatic rings. The van der Waals surface area contributed by atoms with E-state index < -0.39 is 0 Å². The van der Waals surface area contributed by atoms with Gasteiger partial charge in [-0.3, -0.25) is 0 Å². The van der Waals surface area contributed by atoms with Crippen LogP contribution in [0.2, 0.25) is 0 Å². The molecule has 1 aliphatic carbocycles. The van der Waals surface area contributed by atoms with E-state index in [1.54, 1.807) is 0 Å². The van der Waals surface area contributed by atoms with Gasteiger partial charge in [0.1, 0.15) is 0 Å². The number of benzene rings is 1. The predicted octanol–water partition coefficient (Wildman–Crippen LogP) is 4.16. The Morgan fingerprint density at radius 2 is 1.71 bits per heavy atom. The van der Waals surface area contributed by atoms with Gasteiger partial charge < -0.3 is 0 Å². The van der Waals surface area contributed by atoms with E-state index >= 15 is 0 Å². The van der Waals surface area contributed by atoms with Crippen LogP contribution in [-0.2, 0) is 0 Å². The third-order valence-electron chi connectivity index (χ3n) is 3.51. The van der Waals surface area contributed by atoms with Crippen molar-refractivity contribution in [2.45, 2.75) is 38.5 Å². The van der Waals surface area contributed by atoms with Crippen LogP contribution >= 0.6 is 0 Å². The average molecular weight is 187 g/mol. The fourth-order valence-electron chi connectivity index (χ4n) is 2.50. The van der Waals surface area contributed by atoms with Crippen molar-refractivity contribution in [2.24, 2.45) is 5.92 Å². The first kappa shape index (κ1) is 9.76. The van der Waals surface area contributed by atoms with Crippen LogP contribution in [0.5, 0.6) is 0 Å². The van der Waals surface area contributed by atoms with E-state index in [9.17, 15) is 0 Å². The molecule has 0 N–H and O–H groups in total. The summed E-state index contributed by atoms with van der Waals surface area (Å²) in [6.45, 7) is 6.48. The van der Waals surface area contributed by atoms with Crippen molar-refractivity contribution >= 4 is 0 Å². The van der Waals surface area contributed by atoms with Gasteiger partial charge >= 0.3 is 0 Å². The van der Waals surface area contributed by atoms with Crippen LogP contribution in [0, 0.1) is 12.8 Å². The molecular weight excluding hydrogens is 168 g/mol. The Labute approximate surface area is 87.3 Å². The normalized spacial score (nSPS) is 27.6. The molecule has 1 saturated carbocycles.